The van der Waals surface area contributed by atoms with Crippen LogP contribution in [0.1, 0.15) is 44.6 Å². The number of aryl methyl sites for hydroxylation is 1. The summed E-state index contributed by atoms with van der Waals surface area (Å²) < 4.78 is 10.1. The summed E-state index contributed by atoms with van der Waals surface area (Å²) >= 11 is 5.67. The number of H-pyrrole nitrogens is 1. The number of carboxylic acid groups (broad SMARTS) is 1. The standard InChI is InChI=1S/C11H10ClN3O2.C8H6N4O4/c12-14-9-4-2-6-5-7(1-3-8(6)9)10-13-11(16)17-15-10;1-16-8(15)5-2-4(7(13)14)10-6-3-9-11-12(5)6/h1,3,5,9,14H,2,4H2,(H,13,15,16);2-3H,1H3,(H,13,14)/t9-;/m0./s1. The Hall–Kier alpha value is -4.10. The molecule has 3 N–H and O–H groups in total. The Morgan fingerprint density at radius 1 is 1.36 bits per heavy atom. The first-order valence-electron chi connectivity index (χ1n) is 9.49. The lowest BCUT2D eigenvalue weighted by Gasteiger charge is -2.08. The van der Waals surface area contributed by atoms with Crippen LogP contribution in [0.5, 0.6) is 0 Å². The second-order valence-corrected chi connectivity index (χ2v) is 7.10. The van der Waals surface area contributed by atoms with E-state index >= 15 is 0 Å². The maximum atomic E-state index is 11.4. The van der Waals surface area contributed by atoms with Crippen LogP contribution in [-0.4, -0.2) is 54.1 Å². The minimum absolute atomic E-state index is 0.0394. The molecule has 0 unspecified atom stereocenters. The molecule has 1 atom stereocenters. The number of aromatic carboxylic acids is 1. The lowest BCUT2D eigenvalue weighted by atomic mass is 10.0. The summed E-state index contributed by atoms with van der Waals surface area (Å²) in [5.74, 6) is -2.03. The highest BCUT2D eigenvalue weighted by atomic mass is 35.5. The van der Waals surface area contributed by atoms with E-state index in [0.717, 1.165) is 29.0 Å². The number of hydrogen-bond acceptors (Lipinski definition) is 10. The number of aromatic amines is 1. The van der Waals surface area contributed by atoms with Crippen molar-refractivity contribution in [3.05, 3.63) is 63.5 Å². The number of ether oxygens (including phenoxy) is 1. The van der Waals surface area contributed by atoms with Crippen molar-refractivity contribution in [3.8, 4) is 11.4 Å². The van der Waals surface area contributed by atoms with Crippen molar-refractivity contribution >= 4 is 29.4 Å². The molecule has 1 aliphatic rings. The van der Waals surface area contributed by atoms with E-state index in [0.29, 0.717) is 5.82 Å². The quantitative estimate of drug-likeness (QED) is 0.288. The SMILES string of the molecule is COC(=O)c1cc(C(=O)O)nc2cnnn12.O=c1[nH]c(-c2ccc3c(c2)CC[C@@H]3NCl)no1. The Labute approximate surface area is 189 Å². The third-order valence-electron chi connectivity index (χ3n) is 4.95. The fourth-order valence-electron chi connectivity index (χ4n) is 3.42. The van der Waals surface area contributed by atoms with Crippen LogP contribution in [0.2, 0.25) is 0 Å². The number of aromatic nitrogens is 6. The number of carbonyl (C=O) groups excluding carboxylic acids is 1. The Kier molecular flexibility index (Phi) is 6.15. The average molecular weight is 474 g/mol. The third-order valence-corrected chi connectivity index (χ3v) is 5.21. The van der Waals surface area contributed by atoms with Gasteiger partial charge in [0.1, 0.15) is 0 Å². The molecule has 1 aliphatic carbocycles. The van der Waals surface area contributed by atoms with E-state index in [-0.39, 0.29) is 23.1 Å². The topological polar surface area (TPSA) is 178 Å². The van der Waals surface area contributed by atoms with Crippen LogP contribution < -0.4 is 10.6 Å². The van der Waals surface area contributed by atoms with Crippen molar-refractivity contribution < 1.29 is 24.0 Å². The summed E-state index contributed by atoms with van der Waals surface area (Å²) in [4.78, 5) is 42.1. The van der Waals surface area contributed by atoms with Crippen LogP contribution in [-0.2, 0) is 11.2 Å². The van der Waals surface area contributed by atoms with Gasteiger partial charge in [-0.25, -0.2) is 24.2 Å². The summed E-state index contributed by atoms with van der Waals surface area (Å²) in [6, 6.07) is 7.20. The maximum Gasteiger partial charge on any atom is 0.439 e. The zero-order chi connectivity index (χ0) is 23.5. The summed E-state index contributed by atoms with van der Waals surface area (Å²) in [7, 11) is 1.19. The second kappa shape index (κ2) is 9.18. The Morgan fingerprint density at radius 3 is 2.85 bits per heavy atom. The van der Waals surface area contributed by atoms with Crippen molar-refractivity contribution in [3.63, 3.8) is 0 Å². The minimum atomic E-state index is -1.24. The van der Waals surface area contributed by atoms with Gasteiger partial charge in [0.15, 0.2) is 22.9 Å². The van der Waals surface area contributed by atoms with Gasteiger partial charge in [-0.3, -0.25) is 9.51 Å². The Balaban J connectivity index is 0.000000157. The predicted octanol–water partition coefficient (Wildman–Crippen LogP) is 1.37. The van der Waals surface area contributed by atoms with Gasteiger partial charge >= 0.3 is 17.7 Å². The summed E-state index contributed by atoms with van der Waals surface area (Å²) in [5, 5.41) is 19.6. The van der Waals surface area contributed by atoms with Gasteiger partial charge < -0.3 is 9.84 Å². The molecule has 0 radical (unpaired) electrons. The molecule has 0 bridgehead atoms. The zero-order valence-electron chi connectivity index (χ0n) is 17.0. The predicted molar refractivity (Wildman–Crippen MR) is 112 cm³/mol. The molecular weight excluding hydrogens is 458 g/mol. The van der Waals surface area contributed by atoms with Crippen LogP contribution in [0.15, 0.2) is 39.8 Å². The van der Waals surface area contributed by atoms with Gasteiger partial charge in [-0.1, -0.05) is 22.5 Å². The lowest BCUT2D eigenvalue weighted by molar-refractivity contribution is 0.0590. The second-order valence-electron chi connectivity index (χ2n) is 6.88. The van der Waals surface area contributed by atoms with Gasteiger partial charge in [-0.05, 0) is 41.8 Å². The molecule has 0 aliphatic heterocycles. The van der Waals surface area contributed by atoms with E-state index in [9.17, 15) is 14.4 Å². The highest BCUT2D eigenvalue weighted by molar-refractivity contribution is 6.13. The Bertz CT molecular complexity index is 1390. The fraction of sp³-hybridized carbons (Fsp3) is 0.211. The number of nitrogens with one attached hydrogen (secondary N) is 2. The highest BCUT2D eigenvalue weighted by Gasteiger charge is 2.22. The van der Waals surface area contributed by atoms with Gasteiger partial charge in [-0.2, -0.15) is 4.52 Å². The number of carboxylic acids is 1. The largest absolute Gasteiger partial charge is 0.477 e. The monoisotopic (exact) mass is 473 g/mol. The molecule has 4 aromatic rings. The maximum absolute atomic E-state index is 11.4. The molecule has 13 nitrogen and oxygen atoms in total. The first-order chi connectivity index (χ1) is 15.9. The normalized spacial score (nSPS) is 14.4. The van der Waals surface area contributed by atoms with Crippen LogP contribution in [0.25, 0.3) is 17.0 Å². The number of fused-ring (bicyclic) bond motifs is 2. The minimum Gasteiger partial charge on any atom is -0.477 e. The molecule has 5 rings (SSSR count). The molecule has 0 spiro atoms. The number of carbonyl (C=O) groups is 2. The summed E-state index contributed by atoms with van der Waals surface area (Å²) in [6.07, 6.45) is 3.20. The summed E-state index contributed by atoms with van der Waals surface area (Å²) in [6.45, 7) is 0. The van der Waals surface area contributed by atoms with E-state index in [1.54, 1.807) is 0 Å². The van der Waals surface area contributed by atoms with Gasteiger partial charge in [0.2, 0.25) is 0 Å². The molecule has 0 amide bonds. The van der Waals surface area contributed by atoms with E-state index in [2.05, 4.69) is 39.5 Å². The number of nitrogens with zero attached hydrogens (tertiary/aromatic N) is 5. The van der Waals surface area contributed by atoms with Crippen molar-refractivity contribution in [2.75, 3.05) is 7.11 Å². The molecule has 33 heavy (non-hydrogen) atoms. The fourth-order valence-corrected chi connectivity index (χ4v) is 3.64. The zero-order valence-corrected chi connectivity index (χ0v) is 17.7. The van der Waals surface area contributed by atoms with E-state index in [1.807, 2.05) is 18.2 Å². The lowest BCUT2D eigenvalue weighted by Crippen LogP contribution is -2.13. The molecule has 0 saturated carbocycles. The van der Waals surface area contributed by atoms with Crippen LogP contribution in [0.3, 0.4) is 0 Å². The van der Waals surface area contributed by atoms with Crippen molar-refractivity contribution in [2.24, 2.45) is 0 Å². The molecule has 3 aromatic heterocycles. The van der Waals surface area contributed by atoms with Gasteiger partial charge in [0.05, 0.1) is 13.3 Å². The smallest absolute Gasteiger partial charge is 0.439 e. The number of hydrogen-bond donors (Lipinski definition) is 3. The Morgan fingerprint density at radius 2 is 2.18 bits per heavy atom. The van der Waals surface area contributed by atoms with Crippen LogP contribution >= 0.6 is 11.8 Å². The number of rotatable bonds is 4. The molecule has 0 saturated heterocycles. The number of halogens is 1. The average Bonchev–Trinajstić information content (AvgIpc) is 3.56. The summed E-state index contributed by atoms with van der Waals surface area (Å²) in [5.41, 5.74) is 3.14. The van der Waals surface area contributed by atoms with Crippen molar-refractivity contribution in [2.45, 2.75) is 18.9 Å². The molecule has 0 fully saturated rings. The number of benzene rings is 1. The van der Waals surface area contributed by atoms with E-state index in [1.165, 1.54) is 24.4 Å². The third kappa shape index (κ3) is 4.44. The molecule has 3 heterocycles. The molecule has 1 aromatic carbocycles. The van der Waals surface area contributed by atoms with Gasteiger partial charge in [0, 0.05) is 17.7 Å². The first kappa shape index (κ1) is 22.1. The number of esters is 1. The highest BCUT2D eigenvalue weighted by Crippen LogP contribution is 2.33. The molecule has 170 valence electrons. The number of methoxy groups -OCH3 is 1. The van der Waals surface area contributed by atoms with Crippen LogP contribution in [0.4, 0.5) is 0 Å². The van der Waals surface area contributed by atoms with E-state index < -0.39 is 17.7 Å². The van der Waals surface area contributed by atoms with Gasteiger partial charge in [0.25, 0.3) is 0 Å². The molecular formula is C19H16ClN7O6. The van der Waals surface area contributed by atoms with Crippen molar-refractivity contribution in [1.82, 2.24) is 34.8 Å². The first-order valence-corrected chi connectivity index (χ1v) is 9.87. The van der Waals surface area contributed by atoms with E-state index in [4.69, 9.17) is 16.9 Å². The van der Waals surface area contributed by atoms with Crippen LogP contribution in [0, 0.1) is 0 Å². The van der Waals surface area contributed by atoms with Gasteiger partial charge in [-0.15, -0.1) is 5.10 Å². The molecule has 14 heteroatoms. The van der Waals surface area contributed by atoms with Crippen molar-refractivity contribution in [1.29, 1.82) is 0 Å².